The van der Waals surface area contributed by atoms with E-state index in [-0.39, 0.29) is 10.7 Å². The SMILES string of the molecule is Cc1ccc(C(Br)C2CCS(=O)(=O)C2)cc1Br. The molecule has 5 heteroatoms. The topological polar surface area (TPSA) is 34.1 Å². The Morgan fingerprint density at radius 2 is 2.12 bits per heavy atom. The van der Waals surface area contributed by atoms with Crippen LogP contribution in [0.1, 0.15) is 22.4 Å². The maximum Gasteiger partial charge on any atom is 0.150 e. The van der Waals surface area contributed by atoms with Crippen molar-refractivity contribution in [1.29, 1.82) is 0 Å². The standard InChI is InChI=1S/C12H14Br2O2S/c1-8-2-3-9(6-11(8)13)12(14)10-4-5-17(15,16)7-10/h2-3,6,10,12H,4-5,7H2,1H3. The lowest BCUT2D eigenvalue weighted by Gasteiger charge is -2.17. The summed E-state index contributed by atoms with van der Waals surface area (Å²) in [5, 5.41) is 0. The summed E-state index contributed by atoms with van der Waals surface area (Å²) in [6.45, 7) is 2.04. The van der Waals surface area contributed by atoms with Gasteiger partial charge in [-0.3, -0.25) is 0 Å². The van der Waals surface area contributed by atoms with Gasteiger partial charge >= 0.3 is 0 Å². The molecular weight excluding hydrogens is 368 g/mol. The van der Waals surface area contributed by atoms with Crippen LogP contribution < -0.4 is 0 Å². The molecule has 2 unspecified atom stereocenters. The molecule has 1 aromatic carbocycles. The Bertz CT molecular complexity index is 525. The Kier molecular flexibility index (Phi) is 4.00. The van der Waals surface area contributed by atoms with Crippen LogP contribution in [0.5, 0.6) is 0 Å². The third-order valence-electron chi connectivity index (χ3n) is 3.20. The van der Waals surface area contributed by atoms with Crippen molar-refractivity contribution in [1.82, 2.24) is 0 Å². The molecule has 0 amide bonds. The Morgan fingerprint density at radius 1 is 1.41 bits per heavy atom. The van der Waals surface area contributed by atoms with Gasteiger partial charge in [-0.1, -0.05) is 44.0 Å². The summed E-state index contributed by atoms with van der Waals surface area (Å²) in [6.07, 6.45) is 0.754. The molecule has 0 aromatic heterocycles. The third-order valence-corrected chi connectivity index (χ3v) is 7.12. The first kappa shape index (κ1) is 13.6. The van der Waals surface area contributed by atoms with Crippen molar-refractivity contribution in [3.63, 3.8) is 0 Å². The highest BCUT2D eigenvalue weighted by Crippen LogP contribution is 2.38. The van der Waals surface area contributed by atoms with Gasteiger partial charge in [-0.05, 0) is 36.5 Å². The van der Waals surface area contributed by atoms with Gasteiger partial charge in [0.1, 0.15) is 0 Å². The Labute approximate surface area is 119 Å². The highest BCUT2D eigenvalue weighted by Gasteiger charge is 2.33. The second kappa shape index (κ2) is 5.02. The van der Waals surface area contributed by atoms with Gasteiger partial charge in [-0.15, -0.1) is 0 Å². The Hall–Kier alpha value is 0.130. The molecule has 1 heterocycles. The Morgan fingerprint density at radius 3 is 2.65 bits per heavy atom. The predicted molar refractivity (Wildman–Crippen MR) is 77.3 cm³/mol. The van der Waals surface area contributed by atoms with Crippen molar-refractivity contribution in [3.8, 4) is 0 Å². The van der Waals surface area contributed by atoms with E-state index in [0.717, 1.165) is 16.5 Å². The molecule has 1 aromatic rings. The molecule has 0 bridgehead atoms. The van der Waals surface area contributed by atoms with Crippen LogP contribution in [0.25, 0.3) is 0 Å². The molecule has 0 aliphatic carbocycles. The van der Waals surface area contributed by atoms with Gasteiger partial charge in [-0.25, -0.2) is 8.42 Å². The van der Waals surface area contributed by atoms with Gasteiger partial charge in [0.05, 0.1) is 11.5 Å². The van der Waals surface area contributed by atoms with Gasteiger partial charge < -0.3 is 0 Å². The number of alkyl halides is 1. The maximum atomic E-state index is 11.5. The normalized spacial score (nSPS) is 24.8. The number of benzene rings is 1. The predicted octanol–water partition coefficient (Wildman–Crippen LogP) is 3.63. The summed E-state index contributed by atoms with van der Waals surface area (Å²) in [5.74, 6) is 0.816. The van der Waals surface area contributed by atoms with E-state index in [1.807, 2.05) is 6.92 Å². The number of rotatable bonds is 2. The lowest BCUT2D eigenvalue weighted by atomic mass is 9.98. The lowest BCUT2D eigenvalue weighted by molar-refractivity contribution is 0.579. The lowest BCUT2D eigenvalue weighted by Crippen LogP contribution is -2.10. The molecular formula is C12H14Br2O2S. The number of aryl methyl sites for hydroxylation is 1. The fourth-order valence-electron chi connectivity index (χ4n) is 2.11. The van der Waals surface area contributed by atoms with Crippen LogP contribution in [-0.2, 0) is 9.84 Å². The first-order chi connectivity index (χ1) is 7.89. The molecule has 0 saturated carbocycles. The van der Waals surface area contributed by atoms with E-state index in [4.69, 9.17) is 0 Å². The van der Waals surface area contributed by atoms with Crippen LogP contribution in [0.4, 0.5) is 0 Å². The van der Waals surface area contributed by atoms with E-state index < -0.39 is 9.84 Å². The van der Waals surface area contributed by atoms with Crippen molar-refractivity contribution in [3.05, 3.63) is 33.8 Å². The summed E-state index contributed by atoms with van der Waals surface area (Å²) in [4.78, 5) is 0.122. The second-order valence-corrected chi connectivity index (χ2v) is 8.64. The molecule has 0 N–H and O–H groups in total. The minimum atomic E-state index is -2.81. The largest absolute Gasteiger partial charge is 0.229 e. The van der Waals surface area contributed by atoms with E-state index in [1.54, 1.807) is 0 Å². The molecule has 2 nitrogen and oxygen atoms in total. The van der Waals surface area contributed by atoms with E-state index in [2.05, 4.69) is 50.1 Å². The van der Waals surface area contributed by atoms with Crippen molar-refractivity contribution >= 4 is 41.7 Å². The number of sulfone groups is 1. The summed E-state index contributed by atoms with van der Waals surface area (Å²) in [5.41, 5.74) is 2.33. The third kappa shape index (κ3) is 3.12. The van der Waals surface area contributed by atoms with Gasteiger partial charge in [0.2, 0.25) is 0 Å². The number of halogens is 2. The monoisotopic (exact) mass is 380 g/mol. The van der Waals surface area contributed by atoms with Gasteiger partial charge in [0.25, 0.3) is 0 Å². The van der Waals surface area contributed by atoms with Crippen molar-refractivity contribution in [2.75, 3.05) is 11.5 Å². The first-order valence-corrected chi connectivity index (χ1v) is 9.02. The highest BCUT2D eigenvalue weighted by atomic mass is 79.9. The van der Waals surface area contributed by atoms with E-state index in [0.29, 0.717) is 11.5 Å². The Balaban J connectivity index is 2.20. The van der Waals surface area contributed by atoms with Crippen molar-refractivity contribution in [2.45, 2.75) is 18.2 Å². The first-order valence-electron chi connectivity index (χ1n) is 5.49. The maximum absolute atomic E-state index is 11.5. The van der Waals surface area contributed by atoms with E-state index in [1.165, 1.54) is 5.56 Å². The zero-order valence-electron chi connectivity index (χ0n) is 9.49. The zero-order chi connectivity index (χ0) is 12.6. The minimum absolute atomic E-state index is 0.122. The molecule has 2 atom stereocenters. The summed E-state index contributed by atoms with van der Waals surface area (Å²) >= 11 is 7.14. The quantitative estimate of drug-likeness (QED) is 0.733. The van der Waals surface area contributed by atoms with Crippen LogP contribution in [0.2, 0.25) is 0 Å². The molecule has 1 aliphatic rings. The zero-order valence-corrected chi connectivity index (χ0v) is 13.5. The molecule has 2 rings (SSSR count). The number of hydrogen-bond donors (Lipinski definition) is 0. The molecule has 1 aliphatic heterocycles. The second-order valence-electron chi connectivity index (χ2n) is 4.57. The smallest absolute Gasteiger partial charge is 0.150 e. The van der Waals surface area contributed by atoms with Crippen LogP contribution in [0.3, 0.4) is 0 Å². The molecule has 0 spiro atoms. The number of hydrogen-bond acceptors (Lipinski definition) is 2. The molecule has 94 valence electrons. The van der Waals surface area contributed by atoms with Crippen LogP contribution in [-0.4, -0.2) is 19.9 Å². The van der Waals surface area contributed by atoms with E-state index >= 15 is 0 Å². The summed E-state index contributed by atoms with van der Waals surface area (Å²) in [6, 6.07) is 6.18. The average Bonchev–Trinajstić information content (AvgIpc) is 2.62. The molecule has 1 saturated heterocycles. The van der Waals surface area contributed by atoms with Crippen LogP contribution >= 0.6 is 31.9 Å². The summed E-state index contributed by atoms with van der Waals surface area (Å²) in [7, 11) is -2.81. The fraction of sp³-hybridized carbons (Fsp3) is 0.500. The van der Waals surface area contributed by atoms with Gasteiger partial charge in [0, 0.05) is 9.30 Å². The minimum Gasteiger partial charge on any atom is -0.229 e. The highest BCUT2D eigenvalue weighted by molar-refractivity contribution is 9.10. The molecule has 1 fully saturated rings. The average molecular weight is 382 g/mol. The van der Waals surface area contributed by atoms with Crippen LogP contribution in [0.15, 0.2) is 22.7 Å². The van der Waals surface area contributed by atoms with Crippen molar-refractivity contribution in [2.24, 2.45) is 5.92 Å². The summed E-state index contributed by atoms with van der Waals surface area (Å²) < 4.78 is 24.0. The van der Waals surface area contributed by atoms with Crippen LogP contribution in [0, 0.1) is 12.8 Å². The molecule has 0 radical (unpaired) electrons. The molecule has 17 heavy (non-hydrogen) atoms. The van der Waals surface area contributed by atoms with E-state index in [9.17, 15) is 8.42 Å². The van der Waals surface area contributed by atoms with Crippen molar-refractivity contribution < 1.29 is 8.42 Å². The van der Waals surface area contributed by atoms with Gasteiger partial charge in [-0.2, -0.15) is 0 Å². The van der Waals surface area contributed by atoms with Gasteiger partial charge in [0.15, 0.2) is 9.84 Å². The fourth-order valence-corrected chi connectivity index (χ4v) is 5.33.